The van der Waals surface area contributed by atoms with Crippen LogP contribution in [-0.4, -0.2) is 16.1 Å². The maximum atomic E-state index is 6.49. The van der Waals surface area contributed by atoms with Crippen molar-refractivity contribution in [2.45, 2.75) is 33.4 Å². The standard InChI is InChI=1S/C25H23Cl2N3/c1-16-17(2)30(14-18-7-9-21(26)10-8-18)24-22(16)13-23(27)28-25(24)29-12-11-19-5-3-4-6-20(19)15-29/h3-10,13H,11-12,14-15H2,1-2H3. The van der Waals surface area contributed by atoms with Gasteiger partial charge < -0.3 is 9.47 Å². The predicted molar refractivity (Wildman–Crippen MR) is 126 cm³/mol. The molecule has 0 fully saturated rings. The zero-order chi connectivity index (χ0) is 20.8. The second-order valence-electron chi connectivity index (χ2n) is 8.03. The molecule has 0 spiro atoms. The zero-order valence-electron chi connectivity index (χ0n) is 17.1. The Morgan fingerprint density at radius 3 is 2.47 bits per heavy atom. The molecule has 0 saturated heterocycles. The molecular formula is C25H23Cl2N3. The molecule has 0 atom stereocenters. The molecule has 0 aliphatic carbocycles. The molecule has 1 aliphatic rings. The highest BCUT2D eigenvalue weighted by atomic mass is 35.5. The number of hydrogen-bond donors (Lipinski definition) is 0. The highest BCUT2D eigenvalue weighted by Crippen LogP contribution is 2.36. The zero-order valence-corrected chi connectivity index (χ0v) is 18.6. The van der Waals surface area contributed by atoms with Crippen molar-refractivity contribution in [2.24, 2.45) is 0 Å². The number of nitrogens with zero attached hydrogens (tertiary/aromatic N) is 3. The van der Waals surface area contributed by atoms with Crippen LogP contribution < -0.4 is 4.90 Å². The van der Waals surface area contributed by atoms with Crippen LogP contribution in [0.3, 0.4) is 0 Å². The normalized spacial score (nSPS) is 13.7. The lowest BCUT2D eigenvalue weighted by Crippen LogP contribution is -2.31. The van der Waals surface area contributed by atoms with Crippen LogP contribution in [0, 0.1) is 13.8 Å². The number of hydrogen-bond acceptors (Lipinski definition) is 2. The van der Waals surface area contributed by atoms with Crippen LogP contribution >= 0.6 is 23.2 Å². The van der Waals surface area contributed by atoms with Crippen molar-refractivity contribution >= 4 is 39.9 Å². The molecule has 0 saturated carbocycles. The van der Waals surface area contributed by atoms with Gasteiger partial charge >= 0.3 is 0 Å². The van der Waals surface area contributed by atoms with Crippen LogP contribution in [0.1, 0.15) is 27.9 Å². The number of halogens is 2. The Morgan fingerprint density at radius 2 is 1.70 bits per heavy atom. The molecule has 1 aliphatic heterocycles. The lowest BCUT2D eigenvalue weighted by Gasteiger charge is -2.30. The Kier molecular flexibility index (Phi) is 4.96. The van der Waals surface area contributed by atoms with Crippen LogP contribution in [0.2, 0.25) is 10.2 Å². The van der Waals surface area contributed by atoms with Crippen molar-refractivity contribution < 1.29 is 0 Å². The van der Waals surface area contributed by atoms with E-state index < -0.39 is 0 Å². The third-order valence-electron chi connectivity index (χ3n) is 6.25. The lowest BCUT2D eigenvalue weighted by atomic mass is 10.00. The molecule has 5 heteroatoms. The number of anilines is 1. The first-order valence-corrected chi connectivity index (χ1v) is 11.0. The van der Waals surface area contributed by atoms with Gasteiger partial charge in [-0.25, -0.2) is 4.98 Å². The van der Waals surface area contributed by atoms with Gasteiger partial charge in [0.05, 0.1) is 5.52 Å². The van der Waals surface area contributed by atoms with Gasteiger partial charge in [-0.05, 0) is 60.7 Å². The topological polar surface area (TPSA) is 21.1 Å². The summed E-state index contributed by atoms with van der Waals surface area (Å²) in [6.45, 7) is 6.90. The van der Waals surface area contributed by atoms with Gasteiger partial charge in [0.1, 0.15) is 5.15 Å². The fraction of sp³-hybridized carbons (Fsp3) is 0.240. The highest BCUT2D eigenvalue weighted by Gasteiger charge is 2.24. The molecule has 5 rings (SSSR count). The largest absolute Gasteiger partial charge is 0.350 e. The summed E-state index contributed by atoms with van der Waals surface area (Å²) in [5, 5.41) is 2.48. The molecule has 30 heavy (non-hydrogen) atoms. The monoisotopic (exact) mass is 435 g/mol. The number of pyridine rings is 1. The Labute approximate surface area is 186 Å². The molecule has 0 amide bonds. The van der Waals surface area contributed by atoms with E-state index in [0.717, 1.165) is 42.4 Å². The van der Waals surface area contributed by atoms with Crippen LogP contribution in [0.25, 0.3) is 10.9 Å². The Hall–Kier alpha value is -2.49. The summed E-state index contributed by atoms with van der Waals surface area (Å²) in [5.41, 5.74) is 7.65. The second kappa shape index (κ2) is 7.64. The van der Waals surface area contributed by atoms with E-state index in [1.54, 1.807) is 0 Å². The van der Waals surface area contributed by atoms with Gasteiger partial charge in [0, 0.05) is 35.7 Å². The first kappa shape index (κ1) is 19.5. The van der Waals surface area contributed by atoms with Crippen LogP contribution in [-0.2, 0) is 19.5 Å². The summed E-state index contributed by atoms with van der Waals surface area (Å²) < 4.78 is 2.37. The summed E-state index contributed by atoms with van der Waals surface area (Å²) in [7, 11) is 0. The number of rotatable bonds is 3. The number of aryl methyl sites for hydroxylation is 1. The number of fused-ring (bicyclic) bond motifs is 2. The summed E-state index contributed by atoms with van der Waals surface area (Å²) in [6, 6.07) is 18.7. The Bertz CT molecular complexity index is 1240. The van der Waals surface area contributed by atoms with Crippen molar-refractivity contribution in [2.75, 3.05) is 11.4 Å². The molecule has 3 heterocycles. The average Bonchev–Trinajstić information content (AvgIpc) is 2.99. The van der Waals surface area contributed by atoms with Crippen LogP contribution in [0.15, 0.2) is 54.6 Å². The summed E-state index contributed by atoms with van der Waals surface area (Å²) in [5.74, 6) is 0.970. The summed E-state index contributed by atoms with van der Waals surface area (Å²) in [4.78, 5) is 7.19. The summed E-state index contributed by atoms with van der Waals surface area (Å²) >= 11 is 12.6. The van der Waals surface area contributed by atoms with E-state index in [1.807, 2.05) is 18.2 Å². The molecule has 0 N–H and O–H groups in total. The van der Waals surface area contributed by atoms with Gasteiger partial charge in [-0.1, -0.05) is 59.6 Å². The molecule has 3 nitrogen and oxygen atoms in total. The molecular weight excluding hydrogens is 413 g/mol. The van der Waals surface area contributed by atoms with Gasteiger partial charge in [-0.2, -0.15) is 0 Å². The third-order valence-corrected chi connectivity index (χ3v) is 6.69. The predicted octanol–water partition coefficient (Wildman–Crippen LogP) is 6.57. The van der Waals surface area contributed by atoms with E-state index in [9.17, 15) is 0 Å². The van der Waals surface area contributed by atoms with Crippen molar-refractivity contribution in [3.05, 3.63) is 92.7 Å². The molecule has 4 aromatic rings. The fourth-order valence-electron chi connectivity index (χ4n) is 4.48. The van der Waals surface area contributed by atoms with E-state index in [0.29, 0.717) is 5.15 Å². The van der Waals surface area contributed by atoms with Crippen LogP contribution in [0.4, 0.5) is 5.82 Å². The molecule has 0 radical (unpaired) electrons. The van der Waals surface area contributed by atoms with Gasteiger partial charge in [0.25, 0.3) is 0 Å². The minimum atomic E-state index is 0.545. The molecule has 0 bridgehead atoms. The maximum Gasteiger partial charge on any atom is 0.155 e. The van der Waals surface area contributed by atoms with E-state index in [1.165, 1.54) is 33.3 Å². The van der Waals surface area contributed by atoms with E-state index in [-0.39, 0.29) is 0 Å². The van der Waals surface area contributed by atoms with Crippen molar-refractivity contribution in [1.29, 1.82) is 0 Å². The molecule has 2 aromatic carbocycles. The lowest BCUT2D eigenvalue weighted by molar-refractivity contribution is 0.717. The third kappa shape index (κ3) is 3.36. The van der Waals surface area contributed by atoms with E-state index in [2.05, 4.69) is 59.7 Å². The number of aromatic nitrogens is 2. The SMILES string of the molecule is Cc1c(C)n(Cc2ccc(Cl)cc2)c2c(N3CCc4ccccc4C3)nc(Cl)cc12. The van der Waals surface area contributed by atoms with Gasteiger partial charge in [-0.3, -0.25) is 0 Å². The smallest absolute Gasteiger partial charge is 0.155 e. The highest BCUT2D eigenvalue weighted by molar-refractivity contribution is 6.30. The summed E-state index contributed by atoms with van der Waals surface area (Å²) in [6.07, 6.45) is 1.02. The fourth-order valence-corrected chi connectivity index (χ4v) is 4.79. The van der Waals surface area contributed by atoms with Crippen molar-refractivity contribution in [1.82, 2.24) is 9.55 Å². The quantitative estimate of drug-likeness (QED) is 0.339. The first-order valence-electron chi connectivity index (χ1n) is 10.2. The van der Waals surface area contributed by atoms with Gasteiger partial charge in [0.15, 0.2) is 5.82 Å². The van der Waals surface area contributed by atoms with Crippen LogP contribution in [0.5, 0.6) is 0 Å². The first-order chi connectivity index (χ1) is 14.5. The number of benzene rings is 2. The molecule has 2 aromatic heterocycles. The minimum Gasteiger partial charge on any atom is -0.350 e. The Morgan fingerprint density at radius 1 is 0.967 bits per heavy atom. The van der Waals surface area contributed by atoms with Crippen molar-refractivity contribution in [3.8, 4) is 0 Å². The minimum absolute atomic E-state index is 0.545. The molecule has 152 valence electrons. The maximum absolute atomic E-state index is 6.49. The average molecular weight is 436 g/mol. The van der Waals surface area contributed by atoms with Gasteiger partial charge in [-0.15, -0.1) is 0 Å². The van der Waals surface area contributed by atoms with E-state index in [4.69, 9.17) is 28.2 Å². The van der Waals surface area contributed by atoms with Crippen molar-refractivity contribution in [3.63, 3.8) is 0 Å². The Balaban J connectivity index is 1.65. The second-order valence-corrected chi connectivity index (χ2v) is 8.85. The van der Waals surface area contributed by atoms with E-state index >= 15 is 0 Å². The molecule has 0 unspecified atom stereocenters. The van der Waals surface area contributed by atoms with Gasteiger partial charge in [0.2, 0.25) is 0 Å².